The molecular formula is C23H40IN5O2. The van der Waals surface area contributed by atoms with E-state index < -0.39 is 0 Å². The molecule has 31 heavy (non-hydrogen) atoms. The van der Waals surface area contributed by atoms with E-state index in [1.165, 1.54) is 24.8 Å². The Balaban J connectivity index is 0.00000480. The summed E-state index contributed by atoms with van der Waals surface area (Å²) in [4.78, 5) is 19.3. The van der Waals surface area contributed by atoms with Gasteiger partial charge in [0.25, 0.3) is 0 Å². The van der Waals surface area contributed by atoms with Crippen molar-refractivity contribution in [2.45, 2.75) is 58.5 Å². The van der Waals surface area contributed by atoms with Crippen molar-refractivity contribution in [3.05, 3.63) is 29.8 Å². The van der Waals surface area contributed by atoms with Crippen molar-refractivity contribution >= 4 is 35.8 Å². The highest BCUT2D eigenvalue weighted by molar-refractivity contribution is 14.0. The molecule has 7 nitrogen and oxygen atoms in total. The van der Waals surface area contributed by atoms with E-state index in [4.69, 9.17) is 9.73 Å². The number of guanidine groups is 1. The topological polar surface area (TPSA) is 78.0 Å². The van der Waals surface area contributed by atoms with Gasteiger partial charge in [0, 0.05) is 25.6 Å². The van der Waals surface area contributed by atoms with Crippen LogP contribution in [0.3, 0.4) is 0 Å². The molecule has 0 spiro atoms. The number of nitrogens with zero attached hydrogens (tertiary/aromatic N) is 2. The minimum absolute atomic E-state index is 0. The number of ether oxygens (including phenoxy) is 1. The van der Waals surface area contributed by atoms with Crippen LogP contribution in [0.2, 0.25) is 0 Å². The Bertz CT molecular complexity index is 660. The number of piperidine rings is 1. The molecule has 1 aliphatic rings. The molecule has 0 bridgehead atoms. The van der Waals surface area contributed by atoms with E-state index in [1.54, 1.807) is 7.11 Å². The molecule has 1 aromatic carbocycles. The van der Waals surface area contributed by atoms with Gasteiger partial charge in [0.05, 0.1) is 19.7 Å². The Morgan fingerprint density at radius 3 is 2.39 bits per heavy atom. The number of likely N-dealkylation sites (tertiary alicyclic amines) is 1. The Labute approximate surface area is 204 Å². The summed E-state index contributed by atoms with van der Waals surface area (Å²) in [5, 5.41) is 9.50. The van der Waals surface area contributed by atoms with E-state index in [1.807, 2.05) is 32.9 Å². The Morgan fingerprint density at radius 2 is 1.81 bits per heavy atom. The van der Waals surface area contributed by atoms with Gasteiger partial charge >= 0.3 is 0 Å². The van der Waals surface area contributed by atoms with Crippen LogP contribution < -0.4 is 20.7 Å². The standard InChI is InChI=1S/C23H39N5O2.HI/c1-5-24-23(25-14-13-22(29)27-18(2)3)26-17-21(28-15-7-6-8-16-28)19-9-11-20(30-4)12-10-19;/h9-12,18,21H,5-8,13-17H2,1-4H3,(H,27,29)(H2,24,25,26);1H. The number of hydrogen-bond donors (Lipinski definition) is 3. The van der Waals surface area contributed by atoms with Gasteiger partial charge in [0.2, 0.25) is 5.91 Å². The third-order valence-corrected chi connectivity index (χ3v) is 5.19. The van der Waals surface area contributed by atoms with Gasteiger partial charge in [-0.3, -0.25) is 14.7 Å². The van der Waals surface area contributed by atoms with E-state index >= 15 is 0 Å². The van der Waals surface area contributed by atoms with Crippen LogP contribution in [-0.4, -0.2) is 62.6 Å². The second kappa shape index (κ2) is 15.3. The predicted octanol–water partition coefficient (Wildman–Crippen LogP) is 3.31. The minimum Gasteiger partial charge on any atom is -0.497 e. The largest absolute Gasteiger partial charge is 0.497 e. The first-order valence-corrected chi connectivity index (χ1v) is 11.2. The highest BCUT2D eigenvalue weighted by Gasteiger charge is 2.22. The first kappa shape index (κ1) is 27.5. The molecule has 0 radical (unpaired) electrons. The molecule has 1 amide bonds. The van der Waals surface area contributed by atoms with Gasteiger partial charge in [0.1, 0.15) is 5.75 Å². The second-order valence-corrected chi connectivity index (χ2v) is 8.00. The first-order valence-electron chi connectivity index (χ1n) is 11.2. The summed E-state index contributed by atoms with van der Waals surface area (Å²) in [6, 6.07) is 8.72. The average Bonchev–Trinajstić information content (AvgIpc) is 2.74. The van der Waals surface area contributed by atoms with Crippen LogP contribution in [0.25, 0.3) is 0 Å². The minimum atomic E-state index is 0. The molecule has 1 atom stereocenters. The van der Waals surface area contributed by atoms with Crippen molar-refractivity contribution < 1.29 is 9.53 Å². The van der Waals surface area contributed by atoms with Gasteiger partial charge in [0.15, 0.2) is 5.96 Å². The maximum atomic E-state index is 11.9. The number of nitrogens with one attached hydrogen (secondary N) is 3. The molecule has 0 aliphatic carbocycles. The number of carbonyl (C=O) groups is 1. The zero-order valence-corrected chi connectivity index (χ0v) is 21.8. The molecule has 0 aromatic heterocycles. The summed E-state index contributed by atoms with van der Waals surface area (Å²) in [5.41, 5.74) is 1.26. The lowest BCUT2D eigenvalue weighted by molar-refractivity contribution is -0.121. The molecule has 1 unspecified atom stereocenters. The molecule has 2 rings (SSSR count). The van der Waals surface area contributed by atoms with E-state index in [2.05, 4.69) is 33.0 Å². The molecule has 3 N–H and O–H groups in total. The number of methoxy groups -OCH3 is 1. The lowest BCUT2D eigenvalue weighted by atomic mass is 10.0. The zero-order chi connectivity index (χ0) is 21.8. The van der Waals surface area contributed by atoms with Crippen molar-refractivity contribution in [3.8, 4) is 5.75 Å². The third-order valence-electron chi connectivity index (χ3n) is 5.19. The molecule has 1 fully saturated rings. The van der Waals surface area contributed by atoms with Gasteiger partial charge in [-0.25, -0.2) is 0 Å². The average molecular weight is 546 g/mol. The second-order valence-electron chi connectivity index (χ2n) is 8.00. The van der Waals surface area contributed by atoms with E-state index in [9.17, 15) is 4.79 Å². The van der Waals surface area contributed by atoms with E-state index in [0.29, 0.717) is 19.5 Å². The maximum Gasteiger partial charge on any atom is 0.221 e. The number of benzene rings is 1. The number of hydrogen-bond acceptors (Lipinski definition) is 4. The van der Waals surface area contributed by atoms with Gasteiger partial charge in [-0.1, -0.05) is 18.6 Å². The van der Waals surface area contributed by atoms with Crippen molar-refractivity contribution in [2.24, 2.45) is 4.99 Å². The number of halogens is 1. The summed E-state index contributed by atoms with van der Waals surface area (Å²) >= 11 is 0. The molecule has 1 aromatic rings. The summed E-state index contributed by atoms with van der Waals surface area (Å²) in [7, 11) is 1.69. The van der Waals surface area contributed by atoms with Crippen molar-refractivity contribution in [1.29, 1.82) is 0 Å². The zero-order valence-electron chi connectivity index (χ0n) is 19.4. The lowest BCUT2D eigenvalue weighted by Crippen LogP contribution is -2.41. The van der Waals surface area contributed by atoms with E-state index in [-0.39, 0.29) is 42.0 Å². The fraction of sp³-hybridized carbons (Fsp3) is 0.652. The van der Waals surface area contributed by atoms with E-state index in [0.717, 1.165) is 31.3 Å². The van der Waals surface area contributed by atoms with Crippen LogP contribution >= 0.6 is 24.0 Å². The van der Waals surface area contributed by atoms with Crippen molar-refractivity contribution in [1.82, 2.24) is 20.9 Å². The smallest absolute Gasteiger partial charge is 0.221 e. The summed E-state index contributed by atoms with van der Waals surface area (Å²) in [5.74, 6) is 1.68. The molecule has 176 valence electrons. The fourth-order valence-electron chi connectivity index (χ4n) is 3.70. The lowest BCUT2D eigenvalue weighted by Gasteiger charge is -2.34. The molecular weight excluding hydrogens is 505 g/mol. The highest BCUT2D eigenvalue weighted by atomic mass is 127. The number of rotatable bonds is 10. The monoisotopic (exact) mass is 545 g/mol. The summed E-state index contributed by atoms with van der Waals surface area (Å²) < 4.78 is 5.32. The predicted molar refractivity (Wildman–Crippen MR) is 138 cm³/mol. The fourth-order valence-corrected chi connectivity index (χ4v) is 3.70. The highest BCUT2D eigenvalue weighted by Crippen LogP contribution is 2.26. The molecule has 1 aliphatic heterocycles. The molecule has 1 heterocycles. The quantitative estimate of drug-likeness (QED) is 0.239. The summed E-state index contributed by atoms with van der Waals surface area (Å²) in [6.07, 6.45) is 4.20. The van der Waals surface area contributed by atoms with Crippen molar-refractivity contribution in [3.63, 3.8) is 0 Å². The molecule has 8 heteroatoms. The van der Waals surface area contributed by atoms with Gasteiger partial charge in [-0.05, 0) is 64.4 Å². The molecule has 1 saturated heterocycles. The number of amides is 1. The van der Waals surface area contributed by atoms with Crippen LogP contribution in [0, 0.1) is 0 Å². The number of aliphatic imine (C=N–C) groups is 1. The summed E-state index contributed by atoms with van der Waals surface area (Å²) in [6.45, 7) is 10.2. The maximum absolute atomic E-state index is 11.9. The van der Waals surface area contributed by atoms with Gasteiger partial charge < -0.3 is 20.7 Å². The molecule has 0 saturated carbocycles. The number of carbonyl (C=O) groups excluding carboxylic acids is 1. The third kappa shape index (κ3) is 10.1. The van der Waals surface area contributed by atoms with Crippen LogP contribution in [0.15, 0.2) is 29.3 Å². The van der Waals surface area contributed by atoms with Gasteiger partial charge in [-0.2, -0.15) is 0 Å². The van der Waals surface area contributed by atoms with Crippen molar-refractivity contribution in [2.75, 3.05) is 39.8 Å². The van der Waals surface area contributed by atoms with Crippen LogP contribution in [0.1, 0.15) is 58.1 Å². The first-order chi connectivity index (χ1) is 14.5. The van der Waals surface area contributed by atoms with Gasteiger partial charge in [-0.15, -0.1) is 24.0 Å². The van der Waals surface area contributed by atoms with Crippen LogP contribution in [-0.2, 0) is 4.79 Å². The Hall–Kier alpha value is -1.55. The Morgan fingerprint density at radius 1 is 1.13 bits per heavy atom. The SMILES string of the molecule is CCNC(=NCC(c1ccc(OC)cc1)N1CCCCC1)NCCC(=O)NC(C)C.I. The Kier molecular flexibility index (Phi) is 13.6. The van der Waals surface area contributed by atoms with Crippen LogP contribution in [0.4, 0.5) is 0 Å². The van der Waals surface area contributed by atoms with Crippen LogP contribution in [0.5, 0.6) is 5.75 Å². The normalized spacial score (nSPS) is 15.7.